The van der Waals surface area contributed by atoms with E-state index in [1.165, 1.54) is 0 Å². The molecule has 6 heteroatoms. The lowest BCUT2D eigenvalue weighted by Crippen LogP contribution is -2.47. The van der Waals surface area contributed by atoms with Crippen molar-refractivity contribution in [1.82, 2.24) is 0 Å². The van der Waals surface area contributed by atoms with Gasteiger partial charge < -0.3 is 9.84 Å². The first-order valence-electron chi connectivity index (χ1n) is 7.47. The molecule has 0 atom stereocenters. The Morgan fingerprint density at radius 1 is 1.00 bits per heavy atom. The Bertz CT molecular complexity index is 359. The number of sulfonamides is 1. The predicted octanol–water partition coefficient (Wildman–Crippen LogP) is 2.04. The fraction of sp³-hybridized carbons (Fsp3) is 1.00. The van der Waals surface area contributed by atoms with Crippen LogP contribution in [0.1, 0.15) is 59.8 Å². The Balaban J connectivity index is 4.81. The molecule has 0 unspecified atom stereocenters. The van der Waals surface area contributed by atoms with Crippen LogP contribution in [0, 0.1) is 5.41 Å². The van der Waals surface area contributed by atoms with Gasteiger partial charge in [0.05, 0.1) is 13.2 Å². The van der Waals surface area contributed by atoms with Gasteiger partial charge in [0, 0.05) is 6.61 Å². The second-order valence-corrected chi connectivity index (χ2v) is 7.56. The van der Waals surface area contributed by atoms with E-state index in [4.69, 9.17) is 9.88 Å². The monoisotopic (exact) mass is 309 g/mol. The highest BCUT2D eigenvalue weighted by Crippen LogP contribution is 2.32. The Morgan fingerprint density at radius 3 is 1.80 bits per heavy atom. The molecular formula is C14H31NO4S. The van der Waals surface area contributed by atoms with Crippen LogP contribution < -0.4 is 5.14 Å². The van der Waals surface area contributed by atoms with Crippen molar-refractivity contribution in [3.63, 3.8) is 0 Å². The molecule has 0 aromatic rings. The van der Waals surface area contributed by atoms with Crippen LogP contribution in [0.4, 0.5) is 0 Å². The lowest BCUT2D eigenvalue weighted by molar-refractivity contribution is 0.0103. The summed E-state index contributed by atoms with van der Waals surface area (Å²) in [6.45, 7) is 8.46. The van der Waals surface area contributed by atoms with Gasteiger partial charge in [0.15, 0.2) is 0 Å². The molecule has 0 saturated heterocycles. The number of rotatable bonds is 11. The maximum absolute atomic E-state index is 11.8. The molecule has 0 aliphatic heterocycles. The van der Waals surface area contributed by atoms with E-state index in [9.17, 15) is 13.5 Å². The largest absolute Gasteiger partial charge is 0.396 e. The predicted molar refractivity (Wildman–Crippen MR) is 82.0 cm³/mol. The van der Waals surface area contributed by atoms with Gasteiger partial charge in [0.1, 0.15) is 4.75 Å². The maximum atomic E-state index is 11.8. The number of hydrogen-bond acceptors (Lipinski definition) is 4. The molecule has 0 rings (SSSR count). The van der Waals surface area contributed by atoms with E-state index in [1.807, 2.05) is 13.8 Å². The van der Waals surface area contributed by atoms with E-state index < -0.39 is 14.8 Å². The molecule has 122 valence electrons. The second kappa shape index (κ2) is 8.32. The minimum Gasteiger partial charge on any atom is -0.396 e. The summed E-state index contributed by atoms with van der Waals surface area (Å²) in [5.74, 6) is 0. The van der Waals surface area contributed by atoms with Crippen LogP contribution in [0.3, 0.4) is 0 Å². The standard InChI is InChI=1S/C14H31NO4S/c1-5-13(6-2,9-10-16)11-19-12-14(7-3,8-4)20(15,17)18/h16H,5-12H2,1-4H3,(H2,15,17,18). The first-order valence-corrected chi connectivity index (χ1v) is 9.02. The van der Waals surface area contributed by atoms with Gasteiger partial charge in [0.25, 0.3) is 0 Å². The van der Waals surface area contributed by atoms with Gasteiger partial charge in [-0.05, 0) is 37.5 Å². The molecule has 0 saturated carbocycles. The SMILES string of the molecule is CCC(CC)(CCO)COCC(CC)(CC)S(N)(=O)=O. The molecule has 0 spiro atoms. The van der Waals surface area contributed by atoms with Crippen molar-refractivity contribution in [1.29, 1.82) is 0 Å². The van der Waals surface area contributed by atoms with Crippen molar-refractivity contribution in [2.45, 2.75) is 64.5 Å². The van der Waals surface area contributed by atoms with Gasteiger partial charge in [-0.2, -0.15) is 0 Å². The number of aliphatic hydroxyl groups excluding tert-OH is 1. The molecule has 0 heterocycles. The first kappa shape index (κ1) is 19.8. The van der Waals surface area contributed by atoms with Crippen molar-refractivity contribution in [2.24, 2.45) is 10.6 Å². The normalized spacial score (nSPS) is 13.7. The highest BCUT2D eigenvalue weighted by molar-refractivity contribution is 7.90. The van der Waals surface area contributed by atoms with Crippen LogP contribution in [0.15, 0.2) is 0 Å². The Labute approximate surface area is 123 Å². The summed E-state index contributed by atoms with van der Waals surface area (Å²) in [6.07, 6.45) is 3.33. The Morgan fingerprint density at radius 2 is 1.50 bits per heavy atom. The smallest absolute Gasteiger partial charge is 0.217 e. The number of hydrogen-bond donors (Lipinski definition) is 2. The molecular weight excluding hydrogens is 278 g/mol. The molecule has 3 N–H and O–H groups in total. The maximum Gasteiger partial charge on any atom is 0.217 e. The molecule has 0 fully saturated rings. The first-order chi connectivity index (χ1) is 9.26. The third-order valence-electron chi connectivity index (χ3n) is 4.81. The number of ether oxygens (including phenoxy) is 1. The van der Waals surface area contributed by atoms with Crippen molar-refractivity contribution in [3.8, 4) is 0 Å². The number of aliphatic hydroxyl groups is 1. The molecule has 5 nitrogen and oxygen atoms in total. The summed E-state index contributed by atoms with van der Waals surface area (Å²) in [5.41, 5.74) is -0.0830. The quantitative estimate of drug-likeness (QED) is 0.611. The molecule has 0 aromatic heterocycles. The highest BCUT2D eigenvalue weighted by atomic mass is 32.2. The third-order valence-corrected chi connectivity index (χ3v) is 6.71. The average molecular weight is 309 g/mol. The van der Waals surface area contributed by atoms with Gasteiger partial charge in [-0.3, -0.25) is 0 Å². The zero-order valence-corrected chi connectivity index (χ0v) is 14.1. The van der Waals surface area contributed by atoms with Crippen LogP contribution in [0.25, 0.3) is 0 Å². The van der Waals surface area contributed by atoms with E-state index >= 15 is 0 Å². The van der Waals surface area contributed by atoms with Crippen LogP contribution in [-0.2, 0) is 14.8 Å². The summed E-state index contributed by atoms with van der Waals surface area (Å²) in [7, 11) is -3.64. The fourth-order valence-corrected chi connectivity index (χ4v) is 3.56. The molecule has 0 radical (unpaired) electrons. The van der Waals surface area contributed by atoms with Crippen molar-refractivity contribution >= 4 is 10.0 Å². The molecule has 0 bridgehead atoms. The summed E-state index contributed by atoms with van der Waals surface area (Å²) < 4.78 is 28.3. The van der Waals surface area contributed by atoms with Crippen LogP contribution in [0.5, 0.6) is 0 Å². The summed E-state index contributed by atoms with van der Waals surface area (Å²) in [5, 5.41) is 14.5. The molecule has 0 aliphatic carbocycles. The van der Waals surface area contributed by atoms with Crippen molar-refractivity contribution < 1.29 is 18.3 Å². The molecule has 0 amide bonds. The number of primary sulfonamides is 1. The van der Waals surface area contributed by atoms with Gasteiger partial charge in [-0.1, -0.05) is 27.7 Å². The highest BCUT2D eigenvalue weighted by Gasteiger charge is 2.39. The third kappa shape index (κ3) is 4.69. The van der Waals surface area contributed by atoms with Gasteiger partial charge in [-0.25, -0.2) is 13.6 Å². The zero-order chi connectivity index (χ0) is 15.9. The lowest BCUT2D eigenvalue weighted by atomic mass is 9.80. The van der Waals surface area contributed by atoms with Crippen molar-refractivity contribution in [2.75, 3.05) is 19.8 Å². The van der Waals surface area contributed by atoms with Crippen molar-refractivity contribution in [3.05, 3.63) is 0 Å². The zero-order valence-electron chi connectivity index (χ0n) is 13.3. The second-order valence-electron chi connectivity index (χ2n) is 5.61. The van der Waals surface area contributed by atoms with Gasteiger partial charge >= 0.3 is 0 Å². The van der Waals surface area contributed by atoms with E-state index in [-0.39, 0.29) is 18.6 Å². The molecule has 20 heavy (non-hydrogen) atoms. The van der Waals surface area contributed by atoms with Crippen LogP contribution in [0.2, 0.25) is 0 Å². The average Bonchev–Trinajstić information content (AvgIpc) is 2.41. The van der Waals surface area contributed by atoms with Crippen LogP contribution in [-0.4, -0.2) is 38.1 Å². The Kier molecular flexibility index (Phi) is 8.25. The van der Waals surface area contributed by atoms with Crippen LogP contribution >= 0.6 is 0 Å². The van der Waals surface area contributed by atoms with E-state index in [0.29, 0.717) is 25.9 Å². The van der Waals surface area contributed by atoms with E-state index in [2.05, 4.69) is 13.8 Å². The minimum atomic E-state index is -3.64. The van der Waals surface area contributed by atoms with E-state index in [0.717, 1.165) is 12.8 Å². The summed E-state index contributed by atoms with van der Waals surface area (Å²) in [6, 6.07) is 0. The minimum absolute atomic E-state index is 0.0830. The van der Waals surface area contributed by atoms with Gasteiger partial charge in [-0.15, -0.1) is 0 Å². The van der Waals surface area contributed by atoms with E-state index in [1.54, 1.807) is 0 Å². The summed E-state index contributed by atoms with van der Waals surface area (Å²) >= 11 is 0. The topological polar surface area (TPSA) is 89.6 Å². The Hall–Kier alpha value is -0.170. The number of nitrogens with two attached hydrogens (primary N) is 1. The fourth-order valence-electron chi connectivity index (χ4n) is 2.51. The summed E-state index contributed by atoms with van der Waals surface area (Å²) in [4.78, 5) is 0. The molecule has 0 aromatic carbocycles. The molecule has 0 aliphatic rings. The van der Waals surface area contributed by atoms with Gasteiger partial charge in [0.2, 0.25) is 10.0 Å². The lowest BCUT2D eigenvalue weighted by Gasteiger charge is -2.34.